The summed E-state index contributed by atoms with van der Waals surface area (Å²) in [5.41, 5.74) is -4.33. The van der Waals surface area contributed by atoms with Crippen molar-refractivity contribution in [2.45, 2.75) is 25.5 Å². The molecule has 0 aliphatic heterocycles. The van der Waals surface area contributed by atoms with Crippen molar-refractivity contribution < 1.29 is 43.6 Å². The first kappa shape index (κ1) is 28.7. The lowest BCUT2D eigenvalue weighted by Gasteiger charge is -2.25. The molecule has 2 aromatic rings. The molecule has 1 N–H and O–H groups in total. The summed E-state index contributed by atoms with van der Waals surface area (Å²) < 4.78 is 9.66. The van der Waals surface area contributed by atoms with Crippen LogP contribution in [0.1, 0.15) is 34.1 Å². The van der Waals surface area contributed by atoms with Crippen LogP contribution in [0.4, 0.5) is 22.7 Å². The number of benzene rings is 2. The number of carbonyl (C=O) groups excluding carboxylic acids is 3. The minimum atomic E-state index is -1.89. The van der Waals surface area contributed by atoms with E-state index in [2.05, 4.69) is 10.1 Å². The number of amides is 1. The zero-order valence-electron chi connectivity index (χ0n) is 19.4. The second-order valence-corrected chi connectivity index (χ2v) is 7.34. The van der Waals surface area contributed by atoms with Crippen molar-refractivity contribution in [2.24, 2.45) is 0 Å². The van der Waals surface area contributed by atoms with E-state index in [1.165, 1.54) is 6.92 Å². The summed E-state index contributed by atoms with van der Waals surface area (Å²) in [5, 5.41) is 46.7. The first-order chi connectivity index (χ1) is 17.8. The molecule has 200 valence electrons. The monoisotopic (exact) mass is 535 g/mol. The molecular weight excluding hydrogens is 518 g/mol. The van der Waals surface area contributed by atoms with Crippen molar-refractivity contribution in [3.8, 4) is 0 Å². The van der Waals surface area contributed by atoms with Gasteiger partial charge >= 0.3 is 11.9 Å². The highest BCUT2D eigenvalue weighted by atomic mass is 16.6. The van der Waals surface area contributed by atoms with E-state index in [4.69, 9.17) is 4.74 Å². The van der Waals surface area contributed by atoms with E-state index in [9.17, 15) is 54.8 Å². The third-order valence-corrected chi connectivity index (χ3v) is 4.94. The van der Waals surface area contributed by atoms with Gasteiger partial charge in [0, 0.05) is 24.3 Å². The van der Waals surface area contributed by atoms with Gasteiger partial charge in [-0.2, -0.15) is 0 Å². The van der Waals surface area contributed by atoms with Crippen LogP contribution >= 0.6 is 0 Å². The molecule has 2 aromatic carbocycles. The van der Waals surface area contributed by atoms with E-state index < -0.39 is 83.6 Å². The number of nitro benzene ring substituents is 4. The lowest BCUT2D eigenvalue weighted by Crippen LogP contribution is -2.49. The van der Waals surface area contributed by atoms with Crippen LogP contribution in [-0.4, -0.2) is 56.8 Å². The van der Waals surface area contributed by atoms with Crippen molar-refractivity contribution in [3.05, 3.63) is 88.0 Å². The van der Waals surface area contributed by atoms with Crippen molar-refractivity contribution in [2.75, 3.05) is 7.11 Å². The molecular formula is C20H17N5O13. The minimum Gasteiger partial charge on any atom is -0.466 e. The third-order valence-electron chi connectivity index (χ3n) is 4.94. The molecule has 0 fully saturated rings. The molecule has 0 saturated heterocycles. The number of carbonyl (C=O) groups is 3. The van der Waals surface area contributed by atoms with Gasteiger partial charge in [0.25, 0.3) is 28.7 Å². The number of ether oxygens (including phenoxy) is 2. The van der Waals surface area contributed by atoms with Crippen molar-refractivity contribution >= 4 is 40.6 Å². The van der Waals surface area contributed by atoms with E-state index >= 15 is 0 Å². The molecule has 2 atom stereocenters. The van der Waals surface area contributed by atoms with Gasteiger partial charge in [-0.15, -0.1) is 0 Å². The number of non-ortho nitro benzene ring substituents is 4. The predicted molar refractivity (Wildman–Crippen MR) is 122 cm³/mol. The largest absolute Gasteiger partial charge is 0.466 e. The third kappa shape index (κ3) is 6.77. The lowest BCUT2D eigenvalue weighted by atomic mass is 10.1. The van der Waals surface area contributed by atoms with Gasteiger partial charge in [-0.1, -0.05) is 6.92 Å². The lowest BCUT2D eigenvalue weighted by molar-refractivity contribution is -0.394. The van der Waals surface area contributed by atoms with Crippen LogP contribution in [0, 0.1) is 40.5 Å². The number of nitrogens with zero attached hydrogens (tertiary/aromatic N) is 4. The van der Waals surface area contributed by atoms with Gasteiger partial charge in [0.2, 0.25) is 6.10 Å². The number of nitrogens with one attached hydrogen (secondary N) is 1. The van der Waals surface area contributed by atoms with Crippen LogP contribution in [0.2, 0.25) is 0 Å². The van der Waals surface area contributed by atoms with Gasteiger partial charge in [-0.25, -0.2) is 9.59 Å². The average molecular weight is 535 g/mol. The van der Waals surface area contributed by atoms with Crippen LogP contribution in [-0.2, 0) is 14.3 Å². The van der Waals surface area contributed by atoms with Gasteiger partial charge in [0.15, 0.2) is 0 Å². The Morgan fingerprint density at radius 2 is 1.16 bits per heavy atom. The molecule has 18 nitrogen and oxygen atoms in total. The summed E-state index contributed by atoms with van der Waals surface area (Å²) in [6.45, 7) is 1.43. The first-order valence-electron chi connectivity index (χ1n) is 10.3. The van der Waals surface area contributed by atoms with Gasteiger partial charge in [-0.05, 0) is 6.42 Å². The van der Waals surface area contributed by atoms with Gasteiger partial charge in [-0.3, -0.25) is 45.3 Å². The summed E-state index contributed by atoms with van der Waals surface area (Å²) in [5.74, 6) is -3.72. The number of methoxy groups -OCH3 is 1. The fraction of sp³-hybridized carbons (Fsp3) is 0.250. The standard InChI is InChI=1S/C20H17N5O13/c1-3-16(21-18(26)10-4-12(22(29)30)8-13(5-10)23(31)32)17(20(28)37-2)38-19(27)11-6-14(24(33)34)9-15(7-11)25(35)36/h4-9,16-17H,3H2,1-2H3,(H,21,26)/t16-,17+/m1/s1. The summed E-state index contributed by atoms with van der Waals surface area (Å²) in [7, 11) is 0.916. The second kappa shape index (κ2) is 11.9. The highest BCUT2D eigenvalue weighted by Gasteiger charge is 2.35. The second-order valence-electron chi connectivity index (χ2n) is 7.34. The SMILES string of the molecule is CC[C@@H](NC(=O)c1cc([N+](=O)[O-])cc([N+](=O)[O-])c1)[C@H](OC(=O)c1cc([N+](=O)[O-])cc([N+](=O)[O-])c1)C(=O)OC. The number of hydrogen-bond acceptors (Lipinski definition) is 13. The molecule has 0 aromatic heterocycles. The van der Waals surface area contributed by atoms with Gasteiger partial charge in [0.1, 0.15) is 0 Å². The maximum absolute atomic E-state index is 12.8. The summed E-state index contributed by atoms with van der Waals surface area (Å²) in [6, 6.07) is 2.70. The summed E-state index contributed by atoms with van der Waals surface area (Å²) in [4.78, 5) is 78.4. The molecule has 18 heteroatoms. The molecule has 0 spiro atoms. The first-order valence-corrected chi connectivity index (χ1v) is 10.3. The fourth-order valence-electron chi connectivity index (χ4n) is 3.10. The Hall–Kier alpha value is -5.55. The predicted octanol–water partition coefficient (Wildman–Crippen LogP) is 2.23. The van der Waals surface area contributed by atoms with Crippen LogP contribution in [0.5, 0.6) is 0 Å². The molecule has 0 bridgehead atoms. The number of nitro groups is 4. The van der Waals surface area contributed by atoms with E-state index in [0.717, 1.165) is 19.2 Å². The van der Waals surface area contributed by atoms with Crippen LogP contribution in [0.3, 0.4) is 0 Å². The molecule has 2 rings (SSSR count). The van der Waals surface area contributed by atoms with Crippen molar-refractivity contribution in [1.29, 1.82) is 0 Å². The van der Waals surface area contributed by atoms with E-state index in [0.29, 0.717) is 24.3 Å². The van der Waals surface area contributed by atoms with E-state index in [1.54, 1.807) is 0 Å². The van der Waals surface area contributed by atoms with Crippen molar-refractivity contribution in [1.82, 2.24) is 5.32 Å². The molecule has 0 radical (unpaired) electrons. The maximum atomic E-state index is 12.8. The zero-order valence-corrected chi connectivity index (χ0v) is 19.4. The fourth-order valence-corrected chi connectivity index (χ4v) is 3.10. The van der Waals surface area contributed by atoms with Gasteiger partial charge < -0.3 is 14.8 Å². The Balaban J connectivity index is 2.41. The molecule has 0 unspecified atom stereocenters. The minimum absolute atomic E-state index is 0.120. The Labute approximate surface area is 210 Å². The smallest absolute Gasteiger partial charge is 0.349 e. The summed E-state index contributed by atoms with van der Waals surface area (Å²) in [6.07, 6.45) is -2.02. The molecule has 0 saturated carbocycles. The Kier molecular flexibility index (Phi) is 9.00. The van der Waals surface area contributed by atoms with E-state index in [-0.39, 0.29) is 6.42 Å². The highest BCUT2D eigenvalue weighted by molar-refractivity contribution is 5.97. The molecule has 0 aliphatic carbocycles. The Morgan fingerprint density at radius 1 is 0.763 bits per heavy atom. The quantitative estimate of drug-likeness (QED) is 0.246. The van der Waals surface area contributed by atoms with Gasteiger partial charge in [0.05, 0.1) is 56.1 Å². The maximum Gasteiger partial charge on any atom is 0.349 e. The molecule has 0 aliphatic rings. The zero-order chi connectivity index (χ0) is 28.7. The number of rotatable bonds is 11. The van der Waals surface area contributed by atoms with Crippen LogP contribution in [0.25, 0.3) is 0 Å². The molecule has 38 heavy (non-hydrogen) atoms. The Bertz CT molecular complexity index is 1280. The number of hydrogen-bond donors (Lipinski definition) is 1. The Morgan fingerprint density at radius 3 is 1.50 bits per heavy atom. The summed E-state index contributed by atoms with van der Waals surface area (Å²) >= 11 is 0. The van der Waals surface area contributed by atoms with Crippen LogP contribution in [0.15, 0.2) is 36.4 Å². The van der Waals surface area contributed by atoms with E-state index in [1.807, 2.05) is 0 Å². The normalized spacial score (nSPS) is 11.9. The topological polar surface area (TPSA) is 254 Å². The van der Waals surface area contributed by atoms with Crippen LogP contribution < -0.4 is 5.32 Å². The molecule has 0 heterocycles. The average Bonchev–Trinajstić information content (AvgIpc) is 2.88. The van der Waals surface area contributed by atoms with Crippen molar-refractivity contribution in [3.63, 3.8) is 0 Å². The molecule has 1 amide bonds. The number of esters is 2. The highest BCUT2D eigenvalue weighted by Crippen LogP contribution is 2.25.